The first-order valence-corrected chi connectivity index (χ1v) is 11.8. The first-order chi connectivity index (χ1) is 15.2. The third-order valence-electron chi connectivity index (χ3n) is 6.80. The predicted molar refractivity (Wildman–Crippen MR) is 125 cm³/mol. The third-order valence-corrected chi connectivity index (χ3v) is 6.80. The molecule has 2 saturated heterocycles. The van der Waals surface area contributed by atoms with Gasteiger partial charge in [-0.15, -0.1) is 0 Å². The summed E-state index contributed by atoms with van der Waals surface area (Å²) in [6, 6.07) is 7.20. The normalized spacial score (nSPS) is 28.2. The molecule has 7 heteroatoms. The third kappa shape index (κ3) is 5.45. The van der Waals surface area contributed by atoms with Crippen LogP contribution in [0.5, 0.6) is 5.75 Å². The number of esters is 1. The van der Waals surface area contributed by atoms with Gasteiger partial charge >= 0.3 is 12.1 Å². The van der Waals surface area contributed by atoms with Gasteiger partial charge in [-0.25, -0.2) is 4.79 Å². The molecule has 184 valence electrons. The number of hydrogen-bond acceptors (Lipinski definition) is 6. The zero-order valence-electron chi connectivity index (χ0n) is 21.1. The first kappa shape index (κ1) is 25.3. The van der Waals surface area contributed by atoms with Crippen molar-refractivity contribution in [3.8, 4) is 5.75 Å². The summed E-state index contributed by atoms with van der Waals surface area (Å²) in [6.45, 7) is 13.1. The molecule has 1 amide bonds. The van der Waals surface area contributed by atoms with E-state index in [0.717, 1.165) is 11.3 Å². The van der Waals surface area contributed by atoms with Crippen molar-refractivity contribution in [2.45, 2.75) is 90.7 Å². The van der Waals surface area contributed by atoms with Gasteiger partial charge in [0.25, 0.3) is 0 Å². The average molecular weight is 462 g/mol. The van der Waals surface area contributed by atoms with Crippen LogP contribution in [0.2, 0.25) is 0 Å². The Morgan fingerprint density at radius 1 is 1.12 bits per heavy atom. The van der Waals surface area contributed by atoms with E-state index >= 15 is 0 Å². The lowest BCUT2D eigenvalue weighted by molar-refractivity contribution is -0.150. The summed E-state index contributed by atoms with van der Waals surface area (Å²) < 4.78 is 16.9. The van der Waals surface area contributed by atoms with Crippen molar-refractivity contribution in [2.75, 3.05) is 7.11 Å². The highest BCUT2D eigenvalue weighted by molar-refractivity contribution is 5.76. The fourth-order valence-electron chi connectivity index (χ4n) is 5.09. The summed E-state index contributed by atoms with van der Waals surface area (Å²) in [7, 11) is 1.62. The van der Waals surface area contributed by atoms with Crippen LogP contribution in [0.3, 0.4) is 0 Å². The number of nitrogens with zero attached hydrogens (tertiary/aromatic N) is 1. The van der Waals surface area contributed by atoms with Crippen LogP contribution in [-0.2, 0) is 14.3 Å². The number of aliphatic hydroxyl groups is 1. The van der Waals surface area contributed by atoms with Crippen LogP contribution in [0, 0.1) is 17.8 Å². The lowest BCUT2D eigenvalue weighted by Gasteiger charge is -2.36. The van der Waals surface area contributed by atoms with Gasteiger partial charge < -0.3 is 19.3 Å². The molecule has 7 nitrogen and oxygen atoms in total. The van der Waals surface area contributed by atoms with Crippen molar-refractivity contribution in [3.63, 3.8) is 0 Å². The van der Waals surface area contributed by atoms with Crippen molar-refractivity contribution >= 4 is 12.1 Å². The number of benzene rings is 1. The zero-order chi connectivity index (χ0) is 24.7. The molecule has 3 rings (SSSR count). The highest BCUT2D eigenvalue weighted by Crippen LogP contribution is 2.49. The standard InChI is InChI=1S/C26H39NO6/c1-15(2)18-13-20(21-14-19(23(28)32-21)26(6,7)30)27(24(29)33-25(3,4)5)22(18)16-9-11-17(31-8)12-10-16/h9-12,15,18-22,30H,13-14H2,1-8H3/t18-,19+,20-,21-,22+/m0/s1. The average Bonchev–Trinajstić information content (AvgIpc) is 3.27. The molecular weight excluding hydrogens is 422 g/mol. The maximum absolute atomic E-state index is 13.6. The van der Waals surface area contributed by atoms with E-state index in [4.69, 9.17) is 14.2 Å². The molecule has 0 spiro atoms. The maximum atomic E-state index is 13.6. The van der Waals surface area contributed by atoms with Crippen LogP contribution < -0.4 is 4.74 Å². The van der Waals surface area contributed by atoms with Crippen molar-refractivity contribution in [1.82, 2.24) is 4.90 Å². The fourth-order valence-corrected chi connectivity index (χ4v) is 5.09. The minimum absolute atomic E-state index is 0.149. The van der Waals surface area contributed by atoms with Gasteiger partial charge in [0.1, 0.15) is 17.5 Å². The Kier molecular flexibility index (Phi) is 7.04. The van der Waals surface area contributed by atoms with E-state index in [1.807, 2.05) is 45.0 Å². The number of ether oxygens (including phenoxy) is 3. The van der Waals surface area contributed by atoms with Gasteiger partial charge in [0.05, 0.1) is 30.7 Å². The largest absolute Gasteiger partial charge is 0.497 e. The Morgan fingerprint density at radius 2 is 1.73 bits per heavy atom. The fraction of sp³-hybridized carbons (Fsp3) is 0.692. The predicted octanol–water partition coefficient (Wildman–Crippen LogP) is 4.72. The molecule has 2 heterocycles. The lowest BCUT2D eigenvalue weighted by Crippen LogP contribution is -2.46. The Hall–Kier alpha value is -2.28. The molecule has 0 aromatic heterocycles. The molecule has 1 aromatic carbocycles. The molecule has 5 atom stereocenters. The van der Waals surface area contributed by atoms with E-state index in [1.165, 1.54) is 0 Å². The smallest absolute Gasteiger partial charge is 0.411 e. The highest BCUT2D eigenvalue weighted by Gasteiger charge is 2.54. The summed E-state index contributed by atoms with van der Waals surface area (Å²) in [5, 5.41) is 10.5. The van der Waals surface area contributed by atoms with E-state index in [1.54, 1.807) is 25.9 Å². The lowest BCUT2D eigenvalue weighted by atomic mass is 9.83. The van der Waals surface area contributed by atoms with Crippen LogP contribution in [0.15, 0.2) is 24.3 Å². The first-order valence-electron chi connectivity index (χ1n) is 11.8. The molecule has 0 aliphatic carbocycles. The van der Waals surface area contributed by atoms with E-state index in [2.05, 4.69) is 13.8 Å². The van der Waals surface area contributed by atoms with Crippen LogP contribution in [-0.4, -0.2) is 52.5 Å². The number of amides is 1. The molecule has 2 aliphatic rings. The number of hydrogen-bond donors (Lipinski definition) is 1. The van der Waals surface area contributed by atoms with Gasteiger partial charge in [-0.05, 0) is 70.6 Å². The van der Waals surface area contributed by atoms with Crippen LogP contribution >= 0.6 is 0 Å². The van der Waals surface area contributed by atoms with E-state index in [0.29, 0.717) is 12.8 Å². The summed E-state index contributed by atoms with van der Waals surface area (Å²) in [5.74, 6) is 0.145. The van der Waals surface area contributed by atoms with Gasteiger partial charge in [-0.1, -0.05) is 26.0 Å². The number of likely N-dealkylation sites (tertiary alicyclic amines) is 1. The molecule has 0 radical (unpaired) electrons. The molecule has 2 aliphatic heterocycles. The van der Waals surface area contributed by atoms with Gasteiger partial charge in [-0.3, -0.25) is 9.69 Å². The molecule has 0 unspecified atom stereocenters. The topological polar surface area (TPSA) is 85.3 Å². The van der Waals surface area contributed by atoms with E-state index in [9.17, 15) is 14.7 Å². The van der Waals surface area contributed by atoms with Crippen LogP contribution in [0.1, 0.15) is 72.9 Å². The highest BCUT2D eigenvalue weighted by atomic mass is 16.6. The van der Waals surface area contributed by atoms with Gasteiger partial charge in [0, 0.05) is 6.42 Å². The minimum atomic E-state index is -1.19. The SMILES string of the molecule is COc1ccc([C@@H]2[C@H](C(C)C)C[C@@H]([C@@H]3C[C@@H](C(C)(C)O)C(=O)O3)N2C(=O)OC(C)(C)C)cc1. The Balaban J connectivity index is 2.02. The quantitative estimate of drug-likeness (QED) is 0.639. The Morgan fingerprint density at radius 3 is 2.18 bits per heavy atom. The second kappa shape index (κ2) is 9.16. The number of rotatable bonds is 5. The monoisotopic (exact) mass is 461 g/mol. The zero-order valence-corrected chi connectivity index (χ0v) is 21.1. The number of cyclic esters (lactones) is 1. The Labute approximate surface area is 197 Å². The molecule has 0 bridgehead atoms. The van der Waals surface area contributed by atoms with Crippen LogP contribution in [0.25, 0.3) is 0 Å². The number of carbonyl (C=O) groups excluding carboxylic acids is 2. The number of methoxy groups -OCH3 is 1. The van der Waals surface area contributed by atoms with E-state index < -0.39 is 35.3 Å². The summed E-state index contributed by atoms with van der Waals surface area (Å²) >= 11 is 0. The molecule has 1 N–H and O–H groups in total. The summed E-state index contributed by atoms with van der Waals surface area (Å²) in [5.41, 5.74) is -0.857. The second-order valence-electron chi connectivity index (χ2n) is 11.2. The summed E-state index contributed by atoms with van der Waals surface area (Å²) in [4.78, 5) is 27.9. The molecule has 33 heavy (non-hydrogen) atoms. The summed E-state index contributed by atoms with van der Waals surface area (Å²) in [6.07, 6.45) is 0.140. The number of carbonyl (C=O) groups is 2. The van der Waals surface area contributed by atoms with E-state index in [-0.39, 0.29) is 23.9 Å². The van der Waals surface area contributed by atoms with Gasteiger partial charge in [0.2, 0.25) is 0 Å². The van der Waals surface area contributed by atoms with Crippen LogP contribution in [0.4, 0.5) is 4.79 Å². The van der Waals surface area contributed by atoms with Crippen molar-refractivity contribution in [1.29, 1.82) is 0 Å². The molecule has 2 fully saturated rings. The van der Waals surface area contributed by atoms with Crippen molar-refractivity contribution in [3.05, 3.63) is 29.8 Å². The van der Waals surface area contributed by atoms with Crippen molar-refractivity contribution < 1.29 is 28.9 Å². The minimum Gasteiger partial charge on any atom is -0.497 e. The molecular formula is C26H39NO6. The maximum Gasteiger partial charge on any atom is 0.411 e. The second-order valence-corrected chi connectivity index (χ2v) is 11.2. The van der Waals surface area contributed by atoms with Gasteiger partial charge in [0.15, 0.2) is 0 Å². The molecule has 0 saturated carbocycles. The van der Waals surface area contributed by atoms with Crippen molar-refractivity contribution in [2.24, 2.45) is 17.8 Å². The Bertz CT molecular complexity index is 851. The van der Waals surface area contributed by atoms with Gasteiger partial charge in [-0.2, -0.15) is 0 Å². The molecule has 1 aromatic rings.